The van der Waals surface area contributed by atoms with E-state index < -0.39 is 36.1 Å². The fourth-order valence-electron chi connectivity index (χ4n) is 4.51. The third kappa shape index (κ3) is 6.75. The number of aryl methyl sites for hydroxylation is 2. The molecule has 1 unspecified atom stereocenters. The van der Waals surface area contributed by atoms with E-state index in [2.05, 4.69) is 6.58 Å². The second-order valence-corrected chi connectivity index (χ2v) is 9.52. The van der Waals surface area contributed by atoms with Crippen LogP contribution in [0.3, 0.4) is 0 Å². The molecule has 6 N–H and O–H groups in total. The average molecular weight is 473 g/mol. The van der Waals surface area contributed by atoms with Crippen LogP contribution >= 0.6 is 0 Å². The summed E-state index contributed by atoms with van der Waals surface area (Å²) in [7, 11) is 0. The zero-order valence-electron chi connectivity index (χ0n) is 20.5. The molecule has 2 rings (SSSR count). The number of hydrogen-bond acceptors (Lipinski definition) is 6. The van der Waals surface area contributed by atoms with Crippen molar-refractivity contribution >= 4 is 0 Å². The standard InChI is InChI=1S/C28H40O6/c1-5-20-7-11-22(12-8-20)16-27(33,15-19(3)4)26(32)28(34,25(31)24(30)18-29)17-23-13-9-21(6-2)10-14-23/h7-14,24-26,29-34H,3,5-6,15-18H2,1-2,4H3/t24-,25+,26+,27?,28+/m0/s1. The quantitative estimate of drug-likeness (QED) is 0.248. The summed E-state index contributed by atoms with van der Waals surface area (Å²) in [4.78, 5) is 0. The van der Waals surface area contributed by atoms with Crippen LogP contribution in [0.25, 0.3) is 0 Å². The molecule has 0 radical (unpaired) electrons. The molecule has 0 fully saturated rings. The summed E-state index contributed by atoms with van der Waals surface area (Å²) < 4.78 is 0. The van der Waals surface area contributed by atoms with Crippen LogP contribution in [0.2, 0.25) is 0 Å². The van der Waals surface area contributed by atoms with Crippen LogP contribution in [0.5, 0.6) is 0 Å². The van der Waals surface area contributed by atoms with Crippen LogP contribution in [0.15, 0.2) is 60.7 Å². The number of aliphatic hydroxyl groups is 6. The Kier molecular flexibility index (Phi) is 10.0. The van der Waals surface area contributed by atoms with Gasteiger partial charge in [0.25, 0.3) is 0 Å². The molecular weight excluding hydrogens is 432 g/mol. The highest BCUT2D eigenvalue weighted by molar-refractivity contribution is 5.28. The minimum absolute atomic E-state index is 0.00988. The van der Waals surface area contributed by atoms with Gasteiger partial charge in [0, 0.05) is 12.8 Å². The molecule has 5 atom stereocenters. The highest BCUT2D eigenvalue weighted by Crippen LogP contribution is 2.36. The molecule has 6 heteroatoms. The molecule has 0 amide bonds. The van der Waals surface area contributed by atoms with Gasteiger partial charge in [-0.3, -0.25) is 0 Å². The molecule has 0 saturated heterocycles. The fourth-order valence-corrected chi connectivity index (χ4v) is 4.51. The molecule has 0 aromatic heterocycles. The maximum absolute atomic E-state index is 11.7. The van der Waals surface area contributed by atoms with Crippen LogP contribution in [-0.2, 0) is 25.7 Å². The summed E-state index contributed by atoms with van der Waals surface area (Å²) in [6.45, 7) is 8.81. The smallest absolute Gasteiger partial charge is 0.126 e. The molecule has 0 aliphatic carbocycles. The zero-order valence-corrected chi connectivity index (χ0v) is 20.5. The number of rotatable bonds is 13. The molecule has 0 aliphatic rings. The second-order valence-electron chi connectivity index (χ2n) is 9.52. The van der Waals surface area contributed by atoms with Crippen LogP contribution in [0.1, 0.15) is 49.4 Å². The SMILES string of the molecule is C=C(C)CC(O)(Cc1ccc(CC)cc1)[C@@H](O)[C@@](O)(Cc1ccc(CC)cc1)[C@H](O)[C@@H](O)CO. The van der Waals surface area contributed by atoms with Gasteiger partial charge in [-0.1, -0.05) is 68.0 Å². The van der Waals surface area contributed by atoms with Gasteiger partial charge in [0.15, 0.2) is 0 Å². The lowest BCUT2D eigenvalue weighted by atomic mass is 9.71. The normalized spacial score (nSPS) is 17.9. The van der Waals surface area contributed by atoms with Crippen LogP contribution < -0.4 is 0 Å². The lowest BCUT2D eigenvalue weighted by molar-refractivity contribution is -0.228. The van der Waals surface area contributed by atoms with Crippen molar-refractivity contribution in [2.24, 2.45) is 0 Å². The molecule has 0 heterocycles. The van der Waals surface area contributed by atoms with Crippen LogP contribution in [-0.4, -0.2) is 66.8 Å². The third-order valence-electron chi connectivity index (χ3n) is 6.51. The van der Waals surface area contributed by atoms with Gasteiger partial charge >= 0.3 is 0 Å². The molecule has 2 aromatic carbocycles. The average Bonchev–Trinajstić information content (AvgIpc) is 2.82. The van der Waals surface area contributed by atoms with Gasteiger partial charge in [0.2, 0.25) is 0 Å². The first-order chi connectivity index (χ1) is 16.0. The predicted molar refractivity (Wildman–Crippen MR) is 133 cm³/mol. The Hall–Kier alpha value is -2.06. The van der Waals surface area contributed by atoms with Crippen LogP contribution in [0.4, 0.5) is 0 Å². The van der Waals surface area contributed by atoms with E-state index in [1.807, 2.05) is 50.2 Å². The lowest BCUT2D eigenvalue weighted by Gasteiger charge is -2.46. The molecule has 2 aromatic rings. The highest BCUT2D eigenvalue weighted by Gasteiger charge is 2.54. The molecule has 0 saturated carbocycles. The first-order valence-corrected chi connectivity index (χ1v) is 11.9. The number of hydrogen-bond donors (Lipinski definition) is 6. The predicted octanol–water partition coefficient (Wildman–Crippen LogP) is 2.10. The maximum atomic E-state index is 11.7. The number of benzene rings is 2. The summed E-state index contributed by atoms with van der Waals surface area (Å²) in [6, 6.07) is 14.9. The van der Waals surface area contributed by atoms with Crippen molar-refractivity contribution in [2.75, 3.05) is 6.61 Å². The largest absolute Gasteiger partial charge is 0.394 e. The Bertz CT molecular complexity index is 909. The van der Waals surface area contributed by atoms with Crippen molar-refractivity contribution in [3.8, 4) is 0 Å². The Balaban J connectivity index is 2.50. The Morgan fingerprint density at radius 2 is 1.21 bits per heavy atom. The molecule has 188 valence electrons. The van der Waals surface area contributed by atoms with Crippen molar-refractivity contribution in [1.82, 2.24) is 0 Å². The monoisotopic (exact) mass is 472 g/mol. The second kappa shape index (κ2) is 12.1. The highest BCUT2D eigenvalue weighted by atomic mass is 16.4. The van der Waals surface area contributed by atoms with Gasteiger partial charge in [-0.2, -0.15) is 0 Å². The van der Waals surface area contributed by atoms with Crippen molar-refractivity contribution < 1.29 is 30.6 Å². The van der Waals surface area contributed by atoms with Crippen molar-refractivity contribution in [2.45, 2.75) is 82.4 Å². The molecule has 0 bridgehead atoms. The maximum Gasteiger partial charge on any atom is 0.126 e. The molecule has 6 nitrogen and oxygen atoms in total. The van der Waals surface area contributed by atoms with E-state index in [9.17, 15) is 30.6 Å². The van der Waals surface area contributed by atoms with Gasteiger partial charge in [0.1, 0.15) is 29.5 Å². The summed E-state index contributed by atoms with van der Waals surface area (Å²) in [5, 5.41) is 65.3. The topological polar surface area (TPSA) is 121 Å². The molecule has 34 heavy (non-hydrogen) atoms. The lowest BCUT2D eigenvalue weighted by Crippen LogP contribution is -2.66. The molecule has 0 spiro atoms. The van der Waals surface area contributed by atoms with Gasteiger partial charge in [-0.25, -0.2) is 0 Å². The summed E-state index contributed by atoms with van der Waals surface area (Å²) in [6.07, 6.45) is -4.11. The van der Waals surface area contributed by atoms with Crippen LogP contribution in [0, 0.1) is 0 Å². The fraction of sp³-hybridized carbons (Fsp3) is 0.500. The summed E-state index contributed by atoms with van der Waals surface area (Å²) >= 11 is 0. The Morgan fingerprint density at radius 3 is 1.59 bits per heavy atom. The summed E-state index contributed by atoms with van der Waals surface area (Å²) in [5.41, 5.74) is -0.116. The van der Waals surface area contributed by atoms with E-state index in [1.165, 1.54) is 0 Å². The van der Waals surface area contributed by atoms with E-state index in [0.717, 1.165) is 29.5 Å². The number of aliphatic hydroxyl groups excluding tert-OH is 4. The summed E-state index contributed by atoms with van der Waals surface area (Å²) in [5.74, 6) is 0. The Labute approximate surface area is 202 Å². The van der Waals surface area contributed by atoms with E-state index in [0.29, 0.717) is 11.1 Å². The zero-order chi connectivity index (χ0) is 25.5. The molecule has 0 aliphatic heterocycles. The van der Waals surface area contributed by atoms with E-state index in [1.54, 1.807) is 19.1 Å². The minimum atomic E-state index is -2.36. The van der Waals surface area contributed by atoms with E-state index in [4.69, 9.17) is 0 Å². The van der Waals surface area contributed by atoms with E-state index >= 15 is 0 Å². The van der Waals surface area contributed by atoms with Gasteiger partial charge in [-0.05, 0) is 48.4 Å². The van der Waals surface area contributed by atoms with Crippen molar-refractivity contribution in [3.63, 3.8) is 0 Å². The first-order valence-electron chi connectivity index (χ1n) is 11.9. The minimum Gasteiger partial charge on any atom is -0.394 e. The third-order valence-corrected chi connectivity index (χ3v) is 6.51. The molecular formula is C28H40O6. The van der Waals surface area contributed by atoms with E-state index in [-0.39, 0.29) is 19.3 Å². The van der Waals surface area contributed by atoms with Crippen molar-refractivity contribution in [1.29, 1.82) is 0 Å². The van der Waals surface area contributed by atoms with Gasteiger partial charge in [0.05, 0.1) is 6.61 Å². The van der Waals surface area contributed by atoms with Gasteiger partial charge < -0.3 is 30.6 Å². The Morgan fingerprint density at radius 1 is 0.794 bits per heavy atom. The first kappa shape index (κ1) is 28.2. The van der Waals surface area contributed by atoms with Crippen molar-refractivity contribution in [3.05, 3.63) is 82.9 Å². The van der Waals surface area contributed by atoms with Gasteiger partial charge in [-0.15, -0.1) is 6.58 Å².